The Bertz CT molecular complexity index is 172. The normalized spacial score (nSPS) is 25.3. The van der Waals surface area contributed by atoms with E-state index in [-0.39, 0.29) is 5.83 Å². The maximum Gasteiger partial charge on any atom is 0.185 e. The summed E-state index contributed by atoms with van der Waals surface area (Å²) in [5, 5.41) is 8.52. The fourth-order valence-electron chi connectivity index (χ4n) is 1.38. The second-order valence-corrected chi connectivity index (χ2v) is 3.01. The van der Waals surface area contributed by atoms with Crippen LogP contribution in [0.2, 0.25) is 0 Å². The first-order valence-electron chi connectivity index (χ1n) is 3.90. The number of nitrogens with zero attached hydrogens (tertiary/aromatic N) is 1. The second-order valence-electron chi connectivity index (χ2n) is 3.01. The number of hydrogen-bond donors (Lipinski definition) is 1. The highest BCUT2D eigenvalue weighted by atomic mass is 19.1. The molecule has 1 heterocycles. The molecule has 1 fully saturated rings. The van der Waals surface area contributed by atoms with Gasteiger partial charge in [-0.1, -0.05) is 0 Å². The van der Waals surface area contributed by atoms with Crippen LogP contribution in [-0.2, 0) is 0 Å². The average molecular weight is 157 g/mol. The zero-order valence-corrected chi connectivity index (χ0v) is 6.81. The van der Waals surface area contributed by atoms with Crippen molar-refractivity contribution in [3.8, 4) is 0 Å². The van der Waals surface area contributed by atoms with E-state index in [1.807, 2.05) is 7.98 Å². The van der Waals surface area contributed by atoms with Crippen LogP contribution >= 0.6 is 0 Å². The van der Waals surface area contributed by atoms with Gasteiger partial charge in [-0.3, -0.25) is 0 Å². The molecule has 0 aromatic rings. The monoisotopic (exact) mass is 157 g/mol. The molecule has 0 aromatic carbocycles. The van der Waals surface area contributed by atoms with Gasteiger partial charge in [0.25, 0.3) is 0 Å². The van der Waals surface area contributed by atoms with Gasteiger partial charge in [-0.2, -0.15) is 0 Å². The Balaban J connectivity index is 2.58. The van der Waals surface area contributed by atoms with Crippen molar-refractivity contribution in [2.24, 2.45) is 0 Å². The molecule has 0 atom stereocenters. The molecular weight excluding hydrogens is 144 g/mol. The van der Waals surface area contributed by atoms with Crippen molar-refractivity contribution in [3.63, 3.8) is 0 Å². The third-order valence-corrected chi connectivity index (χ3v) is 2.00. The van der Waals surface area contributed by atoms with Gasteiger partial charge < -0.3 is 9.92 Å². The number of piperidine rings is 1. The van der Waals surface area contributed by atoms with Crippen molar-refractivity contribution in [2.45, 2.75) is 12.8 Å². The van der Waals surface area contributed by atoms with Crippen LogP contribution in [0.5, 0.6) is 0 Å². The summed E-state index contributed by atoms with van der Waals surface area (Å²) in [7, 11) is 1.96. The van der Waals surface area contributed by atoms with E-state index in [0.717, 1.165) is 25.0 Å². The van der Waals surface area contributed by atoms with Crippen LogP contribution in [0.25, 0.3) is 0 Å². The van der Waals surface area contributed by atoms with E-state index in [9.17, 15) is 4.39 Å². The van der Waals surface area contributed by atoms with Crippen molar-refractivity contribution in [1.29, 1.82) is 0 Å². The Labute approximate surface area is 67.1 Å². The molecule has 1 aliphatic rings. The first-order valence-corrected chi connectivity index (χ1v) is 3.90. The van der Waals surface area contributed by atoms with E-state index in [0.29, 0.717) is 6.54 Å². The Morgan fingerprint density at radius 3 is 3.00 bits per heavy atom. The maximum absolute atomic E-state index is 12.8. The fraction of sp³-hybridized carbons (Fsp3) is 0.714. The zero-order valence-electron chi connectivity index (χ0n) is 6.81. The molecule has 0 aromatic heterocycles. The lowest BCUT2D eigenvalue weighted by atomic mass is 10.0. The number of aliphatic hydroxyl groups is 1. The number of hydrogen-bond acceptors (Lipinski definition) is 2. The molecule has 0 aliphatic carbocycles. The molecule has 0 unspecified atom stereocenters. The molecule has 0 bridgehead atoms. The smallest absolute Gasteiger partial charge is 0.185 e. The molecule has 0 radical (unpaired) electrons. The summed E-state index contributed by atoms with van der Waals surface area (Å²) in [6.45, 7) is 1.26. The summed E-state index contributed by atoms with van der Waals surface area (Å²) in [4.78, 5) is 2.06. The van der Waals surface area contributed by atoms with E-state index in [2.05, 4.69) is 4.81 Å². The van der Waals surface area contributed by atoms with Gasteiger partial charge in [0.2, 0.25) is 0 Å². The Morgan fingerprint density at radius 2 is 2.45 bits per heavy atom. The molecule has 1 N–H and O–H groups in total. The molecule has 1 rings (SSSR count). The predicted octanol–water partition coefficient (Wildman–Crippen LogP) is -0.154. The molecule has 11 heavy (non-hydrogen) atoms. The number of rotatable bonds is 1. The number of aliphatic hydroxyl groups excluding tert-OH is 1. The highest BCUT2D eigenvalue weighted by molar-refractivity contribution is 6.04. The summed E-state index contributed by atoms with van der Waals surface area (Å²) in [5.74, 6) is -0.337. The van der Waals surface area contributed by atoms with Gasteiger partial charge in [-0.15, -0.1) is 0 Å². The summed E-state index contributed by atoms with van der Waals surface area (Å²) in [6, 6.07) is 0. The molecule has 1 aliphatic heterocycles. The highest BCUT2D eigenvalue weighted by Gasteiger charge is 2.13. The summed E-state index contributed by atoms with van der Waals surface area (Å²) in [6.07, 6.45) is 1.80. The molecule has 0 amide bonds. The van der Waals surface area contributed by atoms with Crippen LogP contribution in [0.1, 0.15) is 12.8 Å². The van der Waals surface area contributed by atoms with Crippen LogP contribution in [0.3, 0.4) is 0 Å². The number of halogens is 1. The molecule has 0 saturated carbocycles. The van der Waals surface area contributed by atoms with Crippen molar-refractivity contribution >= 4 is 7.98 Å². The van der Waals surface area contributed by atoms with Crippen molar-refractivity contribution < 1.29 is 9.50 Å². The summed E-state index contributed by atoms with van der Waals surface area (Å²) >= 11 is 0. The van der Waals surface area contributed by atoms with Gasteiger partial charge in [0.1, 0.15) is 5.83 Å². The van der Waals surface area contributed by atoms with Gasteiger partial charge in [0.05, 0.1) is 6.61 Å². The van der Waals surface area contributed by atoms with E-state index in [1.54, 1.807) is 0 Å². The van der Waals surface area contributed by atoms with Gasteiger partial charge in [0.15, 0.2) is 7.98 Å². The summed E-state index contributed by atoms with van der Waals surface area (Å²) < 4.78 is 12.8. The van der Waals surface area contributed by atoms with Gasteiger partial charge in [0, 0.05) is 6.54 Å². The van der Waals surface area contributed by atoms with Gasteiger partial charge >= 0.3 is 0 Å². The van der Waals surface area contributed by atoms with Crippen LogP contribution in [0, 0.1) is 0 Å². The highest BCUT2D eigenvalue weighted by Crippen LogP contribution is 2.17. The van der Waals surface area contributed by atoms with E-state index >= 15 is 0 Å². The van der Waals surface area contributed by atoms with Crippen LogP contribution in [0.4, 0.5) is 4.39 Å². The molecule has 2 nitrogen and oxygen atoms in total. The first kappa shape index (κ1) is 8.75. The van der Waals surface area contributed by atoms with Crippen LogP contribution in [0.15, 0.2) is 11.4 Å². The minimum atomic E-state index is -0.441. The minimum Gasteiger partial charge on any atom is -0.389 e. The first-order chi connectivity index (χ1) is 5.24. The quantitative estimate of drug-likeness (QED) is 0.535. The van der Waals surface area contributed by atoms with Crippen molar-refractivity contribution in [3.05, 3.63) is 11.4 Å². The lowest BCUT2D eigenvalue weighted by molar-refractivity contribution is 0.289. The third kappa shape index (κ3) is 2.31. The van der Waals surface area contributed by atoms with Gasteiger partial charge in [-0.25, -0.2) is 4.39 Å². The molecule has 4 heteroatoms. The van der Waals surface area contributed by atoms with Gasteiger partial charge in [-0.05, 0) is 25.0 Å². The predicted molar refractivity (Wildman–Crippen MR) is 44.6 cm³/mol. The molecule has 62 valence electrons. The van der Waals surface area contributed by atoms with E-state index in [1.165, 1.54) is 0 Å². The third-order valence-electron chi connectivity index (χ3n) is 2.00. The fourth-order valence-corrected chi connectivity index (χ4v) is 1.38. The Morgan fingerprint density at radius 1 is 1.73 bits per heavy atom. The maximum atomic E-state index is 12.8. The van der Waals surface area contributed by atoms with Crippen LogP contribution < -0.4 is 0 Å². The van der Waals surface area contributed by atoms with Crippen molar-refractivity contribution in [2.75, 3.05) is 19.7 Å². The second kappa shape index (κ2) is 3.88. The molecule has 1 saturated heterocycles. The topological polar surface area (TPSA) is 23.5 Å². The van der Waals surface area contributed by atoms with E-state index in [4.69, 9.17) is 5.11 Å². The SMILES string of the molecule is BN1CCC/C(=C(/F)CO)C1. The van der Waals surface area contributed by atoms with Crippen molar-refractivity contribution in [1.82, 2.24) is 4.81 Å². The minimum absolute atomic E-state index is 0.337. The molecule has 0 spiro atoms. The Kier molecular flexibility index (Phi) is 3.08. The average Bonchev–Trinajstić information content (AvgIpc) is 2.03. The van der Waals surface area contributed by atoms with Crippen LogP contribution in [-0.4, -0.2) is 37.6 Å². The zero-order chi connectivity index (χ0) is 8.27. The standard InChI is InChI=1S/C7H13BFNO/c8-10-3-1-2-6(4-10)7(9)5-11/h11H,1-5,8H2/b7-6-. The Hall–Kier alpha value is -0.345. The molecular formula is C7H13BFNO. The lowest BCUT2D eigenvalue weighted by Crippen LogP contribution is -2.29. The summed E-state index contributed by atoms with van der Waals surface area (Å²) in [5.41, 5.74) is 0.765. The largest absolute Gasteiger partial charge is 0.389 e. The lowest BCUT2D eigenvalue weighted by Gasteiger charge is -2.25. The van der Waals surface area contributed by atoms with E-state index < -0.39 is 6.61 Å².